The molecule has 1 unspecified atom stereocenters. The molecule has 1 fully saturated rings. The van der Waals surface area contributed by atoms with Gasteiger partial charge >= 0.3 is 0 Å². The van der Waals surface area contributed by atoms with Gasteiger partial charge in [0, 0.05) is 17.1 Å². The average molecular weight is 266 g/mol. The lowest BCUT2D eigenvalue weighted by molar-refractivity contribution is 0.0524. The number of hydrogen-bond donors (Lipinski definition) is 0. The summed E-state index contributed by atoms with van der Waals surface area (Å²) in [6.07, 6.45) is 0.136. The smallest absolute Gasteiger partial charge is 0.253 e. The van der Waals surface area contributed by atoms with Crippen LogP contribution in [0.5, 0.6) is 0 Å². The van der Waals surface area contributed by atoms with Gasteiger partial charge in [-0.3, -0.25) is 0 Å². The van der Waals surface area contributed by atoms with E-state index in [0.717, 1.165) is 22.3 Å². The van der Waals surface area contributed by atoms with E-state index >= 15 is 0 Å². The van der Waals surface area contributed by atoms with Crippen LogP contribution in [0.2, 0.25) is 0 Å². The first-order valence-electron chi connectivity index (χ1n) is 5.75. The second kappa shape index (κ2) is 4.83. The van der Waals surface area contributed by atoms with Crippen molar-refractivity contribution in [2.45, 2.75) is 25.1 Å². The van der Waals surface area contributed by atoms with Crippen molar-refractivity contribution in [3.8, 4) is 0 Å². The molecule has 3 heterocycles. The van der Waals surface area contributed by atoms with Crippen LogP contribution in [0, 0.1) is 13.8 Å². The van der Waals surface area contributed by atoms with Gasteiger partial charge in [-0.25, -0.2) is 9.50 Å². The molecule has 18 heavy (non-hydrogen) atoms. The second-order valence-corrected chi connectivity index (χ2v) is 5.22. The summed E-state index contributed by atoms with van der Waals surface area (Å²) in [5, 5.41) is 5.15. The van der Waals surface area contributed by atoms with Crippen LogP contribution in [0.3, 0.4) is 0 Å². The Morgan fingerprint density at radius 3 is 3.11 bits per heavy atom. The summed E-state index contributed by atoms with van der Waals surface area (Å²) in [6, 6.07) is 1.99. The van der Waals surface area contributed by atoms with Gasteiger partial charge in [0.2, 0.25) is 5.16 Å². The number of hydrogen-bond acceptors (Lipinski definition) is 6. The van der Waals surface area contributed by atoms with E-state index in [0.29, 0.717) is 19.2 Å². The predicted octanol–water partition coefficient (Wildman–Crippen LogP) is 1.21. The highest BCUT2D eigenvalue weighted by molar-refractivity contribution is 7.99. The van der Waals surface area contributed by atoms with Crippen LogP contribution in [0.25, 0.3) is 5.78 Å². The summed E-state index contributed by atoms with van der Waals surface area (Å²) in [5.74, 6) is 1.45. The van der Waals surface area contributed by atoms with Crippen molar-refractivity contribution in [2.24, 2.45) is 0 Å². The quantitative estimate of drug-likeness (QED) is 0.778. The molecule has 6 nitrogen and oxygen atoms in total. The van der Waals surface area contributed by atoms with E-state index in [1.807, 2.05) is 19.9 Å². The van der Waals surface area contributed by atoms with Crippen LogP contribution in [0.4, 0.5) is 0 Å². The topological polar surface area (TPSA) is 61.5 Å². The zero-order valence-electron chi connectivity index (χ0n) is 10.3. The van der Waals surface area contributed by atoms with E-state index in [4.69, 9.17) is 9.47 Å². The summed E-state index contributed by atoms with van der Waals surface area (Å²) in [6.45, 7) is 5.00. The van der Waals surface area contributed by atoms with E-state index in [1.54, 1.807) is 16.3 Å². The van der Waals surface area contributed by atoms with Crippen molar-refractivity contribution in [3.63, 3.8) is 0 Å². The predicted molar refractivity (Wildman–Crippen MR) is 66.7 cm³/mol. The van der Waals surface area contributed by atoms with Crippen LogP contribution in [0.1, 0.15) is 11.4 Å². The van der Waals surface area contributed by atoms with E-state index in [2.05, 4.69) is 15.1 Å². The summed E-state index contributed by atoms with van der Waals surface area (Å²) >= 11 is 1.57. The van der Waals surface area contributed by atoms with Gasteiger partial charge in [-0.2, -0.15) is 4.98 Å². The van der Waals surface area contributed by atoms with Gasteiger partial charge in [0.15, 0.2) is 0 Å². The maximum atomic E-state index is 5.37. The molecule has 0 aliphatic carbocycles. The molecular weight excluding hydrogens is 252 g/mol. The number of rotatable bonds is 3. The van der Waals surface area contributed by atoms with Gasteiger partial charge in [-0.15, -0.1) is 5.10 Å². The number of thioether (sulfide) groups is 1. The third-order valence-corrected chi connectivity index (χ3v) is 3.66. The van der Waals surface area contributed by atoms with Crippen molar-refractivity contribution in [2.75, 3.05) is 19.2 Å². The molecule has 0 N–H and O–H groups in total. The highest BCUT2D eigenvalue weighted by Gasteiger charge is 2.17. The minimum Gasteiger partial charge on any atom is -0.353 e. The molecule has 1 aliphatic heterocycles. The minimum atomic E-state index is 0.136. The maximum Gasteiger partial charge on any atom is 0.253 e. The molecule has 0 amide bonds. The lowest BCUT2D eigenvalue weighted by atomic mass is 10.4. The Morgan fingerprint density at radius 2 is 2.33 bits per heavy atom. The summed E-state index contributed by atoms with van der Waals surface area (Å²) in [5.41, 5.74) is 1.99. The lowest BCUT2D eigenvalue weighted by Gasteiger charge is -2.03. The first kappa shape index (κ1) is 11.9. The number of aromatic nitrogens is 4. The van der Waals surface area contributed by atoms with Crippen LogP contribution >= 0.6 is 11.8 Å². The lowest BCUT2D eigenvalue weighted by Crippen LogP contribution is -2.12. The Morgan fingerprint density at radius 1 is 1.44 bits per heavy atom. The van der Waals surface area contributed by atoms with Crippen LogP contribution in [-0.2, 0) is 9.47 Å². The molecule has 1 saturated heterocycles. The zero-order valence-corrected chi connectivity index (χ0v) is 11.1. The molecule has 7 heteroatoms. The SMILES string of the molecule is Cc1cc(C)n2nc(SCC3COCO3)nc2n1. The van der Waals surface area contributed by atoms with E-state index in [9.17, 15) is 0 Å². The first-order chi connectivity index (χ1) is 8.72. The normalized spacial score (nSPS) is 19.8. The molecule has 0 saturated carbocycles. The van der Waals surface area contributed by atoms with Gasteiger partial charge in [-0.05, 0) is 19.9 Å². The molecule has 1 atom stereocenters. The van der Waals surface area contributed by atoms with Crippen LogP contribution < -0.4 is 0 Å². The first-order valence-corrected chi connectivity index (χ1v) is 6.74. The fourth-order valence-electron chi connectivity index (χ4n) is 1.84. The van der Waals surface area contributed by atoms with Gasteiger partial charge in [0.1, 0.15) is 6.79 Å². The fraction of sp³-hybridized carbons (Fsp3) is 0.545. The third-order valence-electron chi connectivity index (χ3n) is 2.69. The Hall–Kier alpha value is -1.18. The molecule has 0 aromatic carbocycles. The highest BCUT2D eigenvalue weighted by atomic mass is 32.2. The Labute approximate surface area is 109 Å². The molecular formula is C11H14N4O2S. The minimum absolute atomic E-state index is 0.136. The van der Waals surface area contributed by atoms with Gasteiger partial charge in [0.05, 0.1) is 12.7 Å². The van der Waals surface area contributed by atoms with Crippen molar-refractivity contribution in [1.29, 1.82) is 0 Å². The monoisotopic (exact) mass is 266 g/mol. The molecule has 2 aromatic heterocycles. The summed E-state index contributed by atoms with van der Waals surface area (Å²) in [7, 11) is 0. The summed E-state index contributed by atoms with van der Waals surface area (Å²) < 4.78 is 12.3. The van der Waals surface area contributed by atoms with Gasteiger partial charge < -0.3 is 9.47 Å². The number of fused-ring (bicyclic) bond motifs is 1. The fourth-order valence-corrected chi connectivity index (χ4v) is 2.66. The standard InChI is InChI=1S/C11H14N4O2S/c1-7-3-8(2)15-10(12-7)13-11(14-15)18-5-9-4-16-6-17-9/h3,9H,4-6H2,1-2H3. The Bertz CT molecular complexity index is 565. The second-order valence-electron chi connectivity index (χ2n) is 4.23. The third kappa shape index (κ3) is 2.33. The number of aryl methyl sites for hydroxylation is 2. The molecule has 0 spiro atoms. The number of nitrogens with zero attached hydrogens (tertiary/aromatic N) is 4. The molecule has 0 bridgehead atoms. The van der Waals surface area contributed by atoms with Gasteiger partial charge in [-0.1, -0.05) is 11.8 Å². The Kier molecular flexibility index (Phi) is 3.19. The molecule has 0 radical (unpaired) electrons. The average Bonchev–Trinajstić information content (AvgIpc) is 2.93. The zero-order chi connectivity index (χ0) is 12.5. The number of ether oxygens (including phenoxy) is 2. The van der Waals surface area contributed by atoms with E-state index in [1.165, 1.54) is 0 Å². The maximum absolute atomic E-state index is 5.37. The Balaban J connectivity index is 1.78. The van der Waals surface area contributed by atoms with Crippen molar-refractivity contribution >= 4 is 17.5 Å². The molecule has 3 rings (SSSR count). The molecule has 2 aromatic rings. The molecule has 96 valence electrons. The van der Waals surface area contributed by atoms with E-state index < -0.39 is 0 Å². The van der Waals surface area contributed by atoms with Crippen LogP contribution in [-0.4, -0.2) is 44.8 Å². The largest absolute Gasteiger partial charge is 0.353 e. The summed E-state index contributed by atoms with van der Waals surface area (Å²) in [4.78, 5) is 8.76. The van der Waals surface area contributed by atoms with Gasteiger partial charge in [0.25, 0.3) is 5.78 Å². The molecule has 1 aliphatic rings. The highest BCUT2D eigenvalue weighted by Crippen LogP contribution is 2.18. The van der Waals surface area contributed by atoms with Crippen LogP contribution in [0.15, 0.2) is 11.2 Å². The van der Waals surface area contributed by atoms with Crippen molar-refractivity contribution < 1.29 is 9.47 Å². The van der Waals surface area contributed by atoms with Crippen molar-refractivity contribution in [1.82, 2.24) is 19.6 Å². The van der Waals surface area contributed by atoms with Crippen molar-refractivity contribution in [3.05, 3.63) is 17.5 Å². The van der Waals surface area contributed by atoms with E-state index in [-0.39, 0.29) is 6.10 Å².